The first-order valence-electron chi connectivity index (χ1n) is 3.82. The highest BCUT2D eigenvalue weighted by Gasteiger charge is 2.15. The van der Waals surface area contributed by atoms with Gasteiger partial charge in [0.15, 0.2) is 6.29 Å². The Morgan fingerprint density at radius 3 is 2.64 bits per heavy atom. The van der Waals surface area contributed by atoms with Crippen molar-refractivity contribution in [3.63, 3.8) is 0 Å². The van der Waals surface area contributed by atoms with Crippen molar-refractivity contribution < 1.29 is 13.6 Å². The highest BCUT2D eigenvalue weighted by molar-refractivity contribution is 5.80. The predicted octanol–water partition coefficient (Wildman–Crippen LogP) is 0.873. The van der Waals surface area contributed by atoms with E-state index in [2.05, 4.69) is 4.98 Å². The Morgan fingerprint density at radius 2 is 2.21 bits per heavy atom. The van der Waals surface area contributed by atoms with Gasteiger partial charge >= 0.3 is 0 Å². The molecule has 0 aromatic carbocycles. The van der Waals surface area contributed by atoms with E-state index in [9.17, 15) is 13.6 Å². The number of nitrogen functional groups attached to an aromatic ring is 1. The predicted molar refractivity (Wildman–Crippen MR) is 46.9 cm³/mol. The van der Waals surface area contributed by atoms with E-state index < -0.39 is 6.43 Å². The van der Waals surface area contributed by atoms with Gasteiger partial charge in [0.2, 0.25) is 0 Å². The maximum atomic E-state index is 12.4. The van der Waals surface area contributed by atoms with Crippen molar-refractivity contribution in [3.8, 4) is 0 Å². The van der Waals surface area contributed by atoms with Gasteiger partial charge in [-0.1, -0.05) is 0 Å². The first kappa shape index (κ1) is 10.5. The van der Waals surface area contributed by atoms with Gasteiger partial charge in [-0.3, -0.25) is 4.79 Å². The fourth-order valence-electron chi connectivity index (χ4n) is 1.05. The molecule has 0 spiro atoms. The third kappa shape index (κ3) is 1.85. The van der Waals surface area contributed by atoms with Crippen LogP contribution in [-0.4, -0.2) is 11.3 Å². The zero-order chi connectivity index (χ0) is 10.7. The highest BCUT2D eigenvalue weighted by atomic mass is 19.3. The van der Waals surface area contributed by atoms with Gasteiger partial charge in [-0.2, -0.15) is 0 Å². The van der Waals surface area contributed by atoms with Gasteiger partial charge in [-0.05, 0) is 6.07 Å². The Hall–Kier alpha value is -1.56. The summed E-state index contributed by atoms with van der Waals surface area (Å²) >= 11 is 0. The molecule has 14 heavy (non-hydrogen) atoms. The van der Waals surface area contributed by atoms with Crippen molar-refractivity contribution in [3.05, 3.63) is 23.0 Å². The molecule has 0 bridgehead atoms. The van der Waals surface area contributed by atoms with Gasteiger partial charge in [0, 0.05) is 12.1 Å². The third-order valence-electron chi connectivity index (χ3n) is 1.74. The summed E-state index contributed by atoms with van der Waals surface area (Å²) in [5.41, 5.74) is 10.1. The fraction of sp³-hybridized carbons (Fsp3) is 0.250. The number of rotatable bonds is 3. The van der Waals surface area contributed by atoms with Crippen LogP contribution in [-0.2, 0) is 6.54 Å². The second-order valence-electron chi connectivity index (χ2n) is 2.62. The second-order valence-corrected chi connectivity index (χ2v) is 2.62. The molecule has 1 aromatic heterocycles. The van der Waals surface area contributed by atoms with Crippen LogP contribution in [0.15, 0.2) is 6.07 Å². The van der Waals surface area contributed by atoms with Gasteiger partial charge in [0.05, 0.1) is 11.4 Å². The Bertz CT molecular complexity index is 355. The van der Waals surface area contributed by atoms with Crippen molar-refractivity contribution in [1.29, 1.82) is 0 Å². The molecule has 0 saturated heterocycles. The maximum Gasteiger partial charge on any atom is 0.265 e. The summed E-state index contributed by atoms with van der Waals surface area (Å²) in [4.78, 5) is 14.0. The molecule has 0 unspecified atom stereocenters. The van der Waals surface area contributed by atoms with Gasteiger partial charge in [-0.15, -0.1) is 0 Å². The van der Waals surface area contributed by atoms with Crippen molar-refractivity contribution in [1.82, 2.24) is 4.98 Å². The molecule has 0 fully saturated rings. The average molecular weight is 201 g/mol. The van der Waals surface area contributed by atoms with Crippen LogP contribution in [0.2, 0.25) is 0 Å². The lowest BCUT2D eigenvalue weighted by Crippen LogP contribution is -2.09. The summed E-state index contributed by atoms with van der Waals surface area (Å²) in [6.45, 7) is -0.152. The number of nitrogens with zero attached hydrogens (tertiary/aromatic N) is 1. The van der Waals surface area contributed by atoms with E-state index in [0.29, 0.717) is 6.29 Å². The number of carbonyl (C=O) groups is 1. The number of pyridine rings is 1. The van der Waals surface area contributed by atoms with Crippen LogP contribution < -0.4 is 11.5 Å². The molecule has 0 atom stereocenters. The molecule has 1 rings (SSSR count). The third-order valence-corrected chi connectivity index (χ3v) is 1.74. The van der Waals surface area contributed by atoms with Crippen LogP contribution in [0.25, 0.3) is 0 Å². The molecule has 0 aliphatic rings. The lowest BCUT2D eigenvalue weighted by molar-refractivity contribution is 0.111. The van der Waals surface area contributed by atoms with E-state index in [1.54, 1.807) is 0 Å². The minimum absolute atomic E-state index is 0.00343. The Morgan fingerprint density at radius 1 is 1.57 bits per heavy atom. The first-order valence-corrected chi connectivity index (χ1v) is 3.82. The molecule has 6 heteroatoms. The van der Waals surface area contributed by atoms with Gasteiger partial charge in [0.1, 0.15) is 5.69 Å². The van der Waals surface area contributed by atoms with E-state index >= 15 is 0 Å². The topological polar surface area (TPSA) is 82.0 Å². The number of carbonyl (C=O) groups excluding carboxylic acids is 1. The second kappa shape index (κ2) is 4.10. The molecule has 0 aliphatic heterocycles. The van der Waals surface area contributed by atoms with Gasteiger partial charge in [0.25, 0.3) is 6.43 Å². The summed E-state index contributed by atoms with van der Waals surface area (Å²) in [6, 6.07) is 1.03. The zero-order valence-electron chi connectivity index (χ0n) is 7.21. The monoisotopic (exact) mass is 201 g/mol. The molecule has 4 nitrogen and oxygen atoms in total. The molecule has 0 radical (unpaired) electrons. The number of hydrogen-bond donors (Lipinski definition) is 2. The minimum atomic E-state index is -2.69. The van der Waals surface area contributed by atoms with Crippen molar-refractivity contribution >= 4 is 12.0 Å². The Kier molecular flexibility index (Phi) is 3.08. The summed E-state index contributed by atoms with van der Waals surface area (Å²) < 4.78 is 24.8. The van der Waals surface area contributed by atoms with Gasteiger partial charge < -0.3 is 11.5 Å². The molecular formula is C8H9F2N3O. The van der Waals surface area contributed by atoms with Crippen LogP contribution >= 0.6 is 0 Å². The molecule has 1 aromatic rings. The average Bonchev–Trinajstić information content (AvgIpc) is 2.17. The SMILES string of the molecule is NCc1nc(C=O)c(N)cc1C(F)F. The minimum Gasteiger partial charge on any atom is -0.397 e. The number of aldehydes is 1. The quantitative estimate of drug-likeness (QED) is 0.711. The van der Waals surface area contributed by atoms with E-state index in [4.69, 9.17) is 11.5 Å². The molecule has 1 heterocycles. The van der Waals surface area contributed by atoms with Crippen LogP contribution in [0.1, 0.15) is 28.2 Å². The molecule has 0 saturated carbocycles. The molecule has 4 N–H and O–H groups in total. The Balaban J connectivity index is 3.31. The first-order chi connectivity index (χ1) is 6.60. The van der Waals surface area contributed by atoms with Crippen molar-refractivity contribution in [2.75, 3.05) is 5.73 Å². The number of hydrogen-bond acceptors (Lipinski definition) is 4. The van der Waals surface area contributed by atoms with Crippen molar-refractivity contribution in [2.45, 2.75) is 13.0 Å². The largest absolute Gasteiger partial charge is 0.397 e. The number of alkyl halides is 2. The highest BCUT2D eigenvalue weighted by Crippen LogP contribution is 2.24. The van der Waals surface area contributed by atoms with Crippen LogP contribution in [0, 0.1) is 0 Å². The van der Waals surface area contributed by atoms with Gasteiger partial charge in [-0.25, -0.2) is 13.8 Å². The molecular weight excluding hydrogens is 192 g/mol. The van der Waals surface area contributed by atoms with E-state index in [1.807, 2.05) is 0 Å². The van der Waals surface area contributed by atoms with Crippen LogP contribution in [0.5, 0.6) is 0 Å². The number of nitrogens with two attached hydrogens (primary N) is 2. The number of anilines is 1. The fourth-order valence-corrected chi connectivity index (χ4v) is 1.05. The van der Waals surface area contributed by atoms with E-state index in [0.717, 1.165) is 6.07 Å². The molecule has 0 amide bonds. The smallest absolute Gasteiger partial charge is 0.265 e. The lowest BCUT2D eigenvalue weighted by Gasteiger charge is -2.08. The summed E-state index contributed by atoms with van der Waals surface area (Å²) in [7, 11) is 0. The number of halogens is 2. The normalized spacial score (nSPS) is 10.6. The zero-order valence-corrected chi connectivity index (χ0v) is 7.21. The number of aromatic nitrogens is 1. The van der Waals surface area contributed by atoms with Crippen LogP contribution in [0.3, 0.4) is 0 Å². The van der Waals surface area contributed by atoms with E-state index in [-0.39, 0.29) is 29.2 Å². The summed E-state index contributed by atoms with van der Waals surface area (Å²) in [5, 5.41) is 0. The molecule has 0 aliphatic carbocycles. The summed E-state index contributed by atoms with van der Waals surface area (Å²) in [6.07, 6.45) is -2.28. The standard InChI is InChI=1S/C8H9F2N3O/c9-8(10)4-1-5(12)7(3-14)13-6(4)2-11/h1,3,8H,2,11-12H2. The Labute approximate surface area is 78.9 Å². The van der Waals surface area contributed by atoms with Crippen LogP contribution in [0.4, 0.5) is 14.5 Å². The van der Waals surface area contributed by atoms with E-state index in [1.165, 1.54) is 0 Å². The maximum absolute atomic E-state index is 12.4. The lowest BCUT2D eigenvalue weighted by atomic mass is 10.1. The molecule has 76 valence electrons. The van der Waals surface area contributed by atoms with Crippen molar-refractivity contribution in [2.24, 2.45) is 5.73 Å². The summed E-state index contributed by atoms with van der Waals surface area (Å²) in [5.74, 6) is 0.